The molecule has 1 fully saturated rings. The van der Waals surface area contributed by atoms with Crippen molar-refractivity contribution in [3.05, 3.63) is 54.7 Å². The van der Waals surface area contributed by atoms with Crippen molar-refractivity contribution in [3.63, 3.8) is 0 Å². The van der Waals surface area contributed by atoms with Crippen LogP contribution in [0.15, 0.2) is 53.5 Å². The second-order valence-corrected chi connectivity index (χ2v) is 8.43. The minimum absolute atomic E-state index is 0.148. The summed E-state index contributed by atoms with van der Waals surface area (Å²) in [5, 5.41) is 20.5. The molecule has 2 aliphatic heterocycles. The lowest BCUT2D eigenvalue weighted by Crippen LogP contribution is -2.24. The number of aromatic nitrogens is 6. The summed E-state index contributed by atoms with van der Waals surface area (Å²) in [5.41, 5.74) is 5.09. The zero-order valence-corrected chi connectivity index (χ0v) is 19.3. The zero-order valence-electron chi connectivity index (χ0n) is 19.3. The summed E-state index contributed by atoms with van der Waals surface area (Å²) in [6, 6.07) is 9.35. The van der Waals surface area contributed by atoms with Crippen LogP contribution in [-0.4, -0.2) is 65.5 Å². The number of likely N-dealkylation sites (tertiary alicyclic amines) is 1. The predicted molar refractivity (Wildman–Crippen MR) is 127 cm³/mol. The Balaban J connectivity index is 0.000000271. The highest BCUT2D eigenvalue weighted by molar-refractivity contribution is 5.82. The number of likely N-dealkylation sites (N-methyl/N-ethyl adjacent to an activating group) is 1. The van der Waals surface area contributed by atoms with E-state index in [1.165, 1.54) is 29.7 Å². The molecule has 0 saturated carbocycles. The number of pyridine rings is 1. The van der Waals surface area contributed by atoms with Crippen LogP contribution in [0.25, 0.3) is 22.8 Å². The Kier molecular flexibility index (Phi) is 6.49. The Morgan fingerprint density at radius 1 is 1.06 bits per heavy atom. The lowest BCUT2D eigenvalue weighted by molar-refractivity contribution is -0.133. The molecule has 6 heterocycles. The maximum atomic E-state index is 10.6. The first kappa shape index (κ1) is 22.7. The van der Waals surface area contributed by atoms with E-state index in [1.54, 1.807) is 19.3 Å². The number of rotatable bonds is 4. The minimum atomic E-state index is -0.722. The van der Waals surface area contributed by atoms with Crippen molar-refractivity contribution in [3.8, 4) is 22.8 Å². The van der Waals surface area contributed by atoms with Gasteiger partial charge >= 0.3 is 0 Å². The molecule has 180 valence electrons. The van der Waals surface area contributed by atoms with Gasteiger partial charge in [0.15, 0.2) is 0 Å². The summed E-state index contributed by atoms with van der Waals surface area (Å²) in [7, 11) is 1.69. The van der Waals surface area contributed by atoms with Crippen molar-refractivity contribution in [1.82, 2.24) is 34.8 Å². The van der Waals surface area contributed by atoms with Crippen LogP contribution in [0.3, 0.4) is 0 Å². The normalized spacial score (nSPS) is 17.0. The first-order chi connectivity index (χ1) is 17.1. The number of anilines is 2. The number of fused-ring (bicyclic) bond motifs is 1. The number of carbonyl (C=O) groups is 1. The van der Waals surface area contributed by atoms with E-state index in [0.717, 1.165) is 35.7 Å². The molecule has 35 heavy (non-hydrogen) atoms. The second kappa shape index (κ2) is 10.0. The standard InChI is InChI=1S/C19H17N7O.C5H9NO2/c1-2-10-26-18(6-1)17(12-21-26)24-19-20-9-7-15(23-19)13-4-3-5-14(22-13)16-8-11-27-25-16;1-6-3-2-4(7)5(6)8/h3-5,7-9,11-12H,1-2,6,10H2,(H,20,23,24);4,7H,2-3H2,1H3. The number of nitrogens with one attached hydrogen (secondary N) is 1. The van der Waals surface area contributed by atoms with Gasteiger partial charge in [-0.05, 0) is 43.9 Å². The zero-order chi connectivity index (χ0) is 24.2. The molecule has 1 unspecified atom stereocenters. The Morgan fingerprint density at radius 2 is 1.89 bits per heavy atom. The number of aryl methyl sites for hydroxylation is 1. The fourth-order valence-corrected chi connectivity index (χ4v) is 4.08. The smallest absolute Gasteiger partial charge is 0.251 e. The third-order valence-electron chi connectivity index (χ3n) is 6.00. The highest BCUT2D eigenvalue weighted by Crippen LogP contribution is 2.25. The van der Waals surface area contributed by atoms with Gasteiger partial charge in [0.2, 0.25) is 5.95 Å². The van der Waals surface area contributed by atoms with Crippen LogP contribution >= 0.6 is 0 Å². The van der Waals surface area contributed by atoms with E-state index in [1.807, 2.05) is 30.5 Å². The highest BCUT2D eigenvalue weighted by Gasteiger charge is 2.26. The first-order valence-corrected chi connectivity index (χ1v) is 11.5. The third-order valence-corrected chi connectivity index (χ3v) is 6.00. The molecule has 4 aromatic rings. The van der Waals surface area contributed by atoms with Gasteiger partial charge < -0.3 is 19.8 Å². The Bertz CT molecular complexity index is 1290. The summed E-state index contributed by atoms with van der Waals surface area (Å²) in [6.45, 7) is 1.66. The van der Waals surface area contributed by atoms with E-state index in [-0.39, 0.29) is 5.91 Å². The molecule has 1 atom stereocenters. The Labute approximate surface area is 201 Å². The molecule has 2 N–H and O–H groups in total. The molecule has 11 heteroatoms. The van der Waals surface area contributed by atoms with Crippen LogP contribution in [0.4, 0.5) is 11.6 Å². The maximum Gasteiger partial charge on any atom is 0.251 e. The van der Waals surface area contributed by atoms with E-state index in [9.17, 15) is 4.79 Å². The number of nitrogens with zero attached hydrogens (tertiary/aromatic N) is 7. The molecule has 2 aliphatic rings. The van der Waals surface area contributed by atoms with Crippen molar-refractivity contribution in [2.45, 2.75) is 38.3 Å². The average Bonchev–Trinajstić information content (AvgIpc) is 3.64. The van der Waals surface area contributed by atoms with E-state index in [2.05, 4.69) is 35.2 Å². The largest absolute Gasteiger partial charge is 0.383 e. The molecule has 1 saturated heterocycles. The SMILES string of the molecule is CN1CCC(O)C1=O.c1cc(-c2ccon2)nc(-c2ccnc(Nc3cnn4c3CCCC4)n2)c1. The predicted octanol–water partition coefficient (Wildman–Crippen LogP) is 2.68. The maximum absolute atomic E-state index is 10.6. The van der Waals surface area contributed by atoms with E-state index in [0.29, 0.717) is 24.6 Å². The number of aliphatic hydroxyl groups excluding tert-OH is 1. The number of carbonyl (C=O) groups excluding carboxylic acids is 1. The number of aliphatic hydroxyl groups is 1. The Hall–Kier alpha value is -4.12. The molecule has 1 amide bonds. The van der Waals surface area contributed by atoms with Gasteiger partial charge in [-0.1, -0.05) is 11.2 Å². The van der Waals surface area contributed by atoms with Crippen LogP contribution in [0.1, 0.15) is 25.0 Å². The average molecular weight is 475 g/mol. The van der Waals surface area contributed by atoms with Gasteiger partial charge in [-0.25, -0.2) is 15.0 Å². The van der Waals surface area contributed by atoms with Crippen LogP contribution < -0.4 is 5.32 Å². The molecule has 0 bridgehead atoms. The number of hydrogen-bond donors (Lipinski definition) is 2. The molecule has 0 aromatic carbocycles. The molecular formula is C24H26N8O3. The van der Waals surface area contributed by atoms with Crippen molar-refractivity contribution < 1.29 is 14.4 Å². The fraction of sp³-hybridized carbons (Fsp3) is 0.333. The van der Waals surface area contributed by atoms with E-state index in [4.69, 9.17) is 9.63 Å². The lowest BCUT2D eigenvalue weighted by atomic mass is 10.1. The van der Waals surface area contributed by atoms with Gasteiger partial charge in [-0.3, -0.25) is 9.48 Å². The van der Waals surface area contributed by atoms with E-state index >= 15 is 0 Å². The van der Waals surface area contributed by atoms with Gasteiger partial charge in [0.25, 0.3) is 5.91 Å². The quantitative estimate of drug-likeness (QED) is 0.457. The van der Waals surface area contributed by atoms with Gasteiger partial charge in [0.05, 0.1) is 34.7 Å². The summed E-state index contributed by atoms with van der Waals surface area (Å²) >= 11 is 0. The molecule has 0 spiro atoms. The summed E-state index contributed by atoms with van der Waals surface area (Å²) in [4.78, 5) is 25.7. The highest BCUT2D eigenvalue weighted by atomic mass is 16.5. The van der Waals surface area contributed by atoms with Crippen molar-refractivity contribution in [2.24, 2.45) is 0 Å². The van der Waals surface area contributed by atoms with Crippen LogP contribution in [0, 0.1) is 0 Å². The third kappa shape index (κ3) is 5.04. The topological polar surface area (TPSA) is 135 Å². The monoisotopic (exact) mass is 474 g/mol. The molecule has 0 aliphatic carbocycles. The summed E-state index contributed by atoms with van der Waals surface area (Å²) in [5.74, 6) is 0.382. The number of amides is 1. The fourth-order valence-electron chi connectivity index (χ4n) is 4.08. The van der Waals surface area contributed by atoms with Gasteiger partial charge in [-0.15, -0.1) is 0 Å². The Morgan fingerprint density at radius 3 is 2.60 bits per heavy atom. The molecule has 0 radical (unpaired) electrons. The molecular weight excluding hydrogens is 448 g/mol. The second-order valence-electron chi connectivity index (χ2n) is 8.43. The number of hydrogen-bond acceptors (Lipinski definition) is 9. The summed E-state index contributed by atoms with van der Waals surface area (Å²) < 4.78 is 6.96. The van der Waals surface area contributed by atoms with Crippen molar-refractivity contribution >= 4 is 17.5 Å². The van der Waals surface area contributed by atoms with Gasteiger partial charge in [0, 0.05) is 32.4 Å². The molecule has 6 rings (SSSR count). The van der Waals surface area contributed by atoms with E-state index < -0.39 is 6.10 Å². The first-order valence-electron chi connectivity index (χ1n) is 11.5. The van der Waals surface area contributed by atoms with Crippen molar-refractivity contribution in [1.29, 1.82) is 0 Å². The molecule has 11 nitrogen and oxygen atoms in total. The van der Waals surface area contributed by atoms with Crippen LogP contribution in [-0.2, 0) is 17.8 Å². The lowest BCUT2D eigenvalue weighted by Gasteiger charge is -2.15. The molecule has 4 aromatic heterocycles. The van der Waals surface area contributed by atoms with Gasteiger partial charge in [-0.2, -0.15) is 5.10 Å². The summed E-state index contributed by atoms with van der Waals surface area (Å²) in [6.07, 6.45) is 8.35. The minimum Gasteiger partial charge on any atom is -0.383 e. The van der Waals surface area contributed by atoms with Crippen LogP contribution in [0.2, 0.25) is 0 Å². The van der Waals surface area contributed by atoms with Gasteiger partial charge in [0.1, 0.15) is 18.1 Å². The van der Waals surface area contributed by atoms with Crippen molar-refractivity contribution in [2.75, 3.05) is 18.9 Å². The van der Waals surface area contributed by atoms with Crippen LogP contribution in [0.5, 0.6) is 0 Å².